The first kappa shape index (κ1) is 18.8. The molecular weight excluding hydrogens is 361 g/mol. The molecule has 1 amide bonds. The molecular formula is C21H24FN3O3. The molecule has 148 valence electrons. The Morgan fingerprint density at radius 1 is 1.25 bits per heavy atom. The van der Waals surface area contributed by atoms with E-state index in [1.165, 1.54) is 18.3 Å². The highest BCUT2D eigenvalue weighted by molar-refractivity contribution is 5.94. The van der Waals surface area contributed by atoms with Gasteiger partial charge in [-0.2, -0.15) is 0 Å². The van der Waals surface area contributed by atoms with Gasteiger partial charge in [0.1, 0.15) is 23.8 Å². The lowest BCUT2D eigenvalue weighted by atomic mass is 10.1. The van der Waals surface area contributed by atoms with Gasteiger partial charge in [-0.1, -0.05) is 6.07 Å². The van der Waals surface area contributed by atoms with Crippen molar-refractivity contribution in [1.29, 1.82) is 0 Å². The molecule has 1 saturated carbocycles. The van der Waals surface area contributed by atoms with Gasteiger partial charge in [-0.15, -0.1) is 0 Å². The molecule has 1 aromatic carbocycles. The average Bonchev–Trinajstić information content (AvgIpc) is 3.31. The summed E-state index contributed by atoms with van der Waals surface area (Å²) in [6, 6.07) is 8.82. The number of hydrogen-bond donors (Lipinski definition) is 2. The second kappa shape index (κ2) is 8.24. The molecule has 2 aliphatic rings. The highest BCUT2D eigenvalue weighted by atomic mass is 19.1. The Labute approximate surface area is 163 Å². The molecule has 4 rings (SSSR count). The van der Waals surface area contributed by atoms with Gasteiger partial charge in [0.2, 0.25) is 0 Å². The number of rotatable bonds is 5. The first-order valence-corrected chi connectivity index (χ1v) is 9.67. The highest BCUT2D eigenvalue weighted by Gasteiger charge is 2.47. The Morgan fingerprint density at radius 3 is 2.79 bits per heavy atom. The molecule has 2 fully saturated rings. The van der Waals surface area contributed by atoms with E-state index >= 15 is 0 Å². The van der Waals surface area contributed by atoms with Crippen LogP contribution in [0.15, 0.2) is 48.8 Å². The molecule has 6 nitrogen and oxygen atoms in total. The lowest BCUT2D eigenvalue weighted by Gasteiger charge is -2.31. The largest absolute Gasteiger partial charge is 0.487 e. The Balaban J connectivity index is 1.52. The third-order valence-electron chi connectivity index (χ3n) is 5.52. The summed E-state index contributed by atoms with van der Waals surface area (Å²) in [5, 5.41) is 14.0. The van der Waals surface area contributed by atoms with E-state index in [9.17, 15) is 14.3 Å². The normalized spacial score (nSPS) is 27.6. The minimum Gasteiger partial charge on any atom is -0.487 e. The zero-order valence-corrected chi connectivity index (χ0v) is 15.5. The van der Waals surface area contributed by atoms with Gasteiger partial charge in [0.05, 0.1) is 17.6 Å². The van der Waals surface area contributed by atoms with Gasteiger partial charge < -0.3 is 15.2 Å². The van der Waals surface area contributed by atoms with Crippen LogP contribution in [0.1, 0.15) is 29.6 Å². The maximum atomic E-state index is 13.5. The zero-order chi connectivity index (χ0) is 19.5. The number of amides is 1. The van der Waals surface area contributed by atoms with Crippen LogP contribution in [-0.4, -0.2) is 58.3 Å². The van der Waals surface area contributed by atoms with E-state index in [0.717, 1.165) is 25.9 Å². The first-order chi connectivity index (χ1) is 13.6. The number of nitrogens with zero attached hydrogens (tertiary/aromatic N) is 2. The maximum Gasteiger partial charge on any atom is 0.253 e. The Hall–Kier alpha value is -2.51. The van der Waals surface area contributed by atoms with E-state index in [4.69, 9.17) is 4.74 Å². The van der Waals surface area contributed by atoms with Crippen molar-refractivity contribution < 1.29 is 19.0 Å². The molecule has 2 N–H and O–H groups in total. The Morgan fingerprint density at radius 2 is 2.07 bits per heavy atom. The molecule has 1 saturated heterocycles. The molecule has 0 bridgehead atoms. The van der Waals surface area contributed by atoms with Gasteiger partial charge in [0.15, 0.2) is 0 Å². The fourth-order valence-electron chi connectivity index (χ4n) is 4.22. The molecule has 4 atom stereocenters. The lowest BCUT2D eigenvalue weighted by molar-refractivity contribution is 0.0138. The van der Waals surface area contributed by atoms with Crippen LogP contribution < -0.4 is 10.1 Å². The van der Waals surface area contributed by atoms with E-state index in [1.54, 1.807) is 30.5 Å². The number of pyridine rings is 1. The van der Waals surface area contributed by atoms with E-state index in [-0.39, 0.29) is 23.8 Å². The Kier molecular flexibility index (Phi) is 5.54. The van der Waals surface area contributed by atoms with Gasteiger partial charge in [-0.3, -0.25) is 14.7 Å². The van der Waals surface area contributed by atoms with Crippen LogP contribution in [-0.2, 0) is 0 Å². The number of aliphatic hydroxyl groups is 1. The number of ether oxygens (including phenoxy) is 1. The second-order valence-electron chi connectivity index (χ2n) is 7.40. The van der Waals surface area contributed by atoms with Crippen molar-refractivity contribution >= 4 is 5.91 Å². The summed E-state index contributed by atoms with van der Waals surface area (Å²) in [7, 11) is 0. The number of aliphatic hydroxyl groups excluding tert-OH is 1. The minimum atomic E-state index is -0.777. The van der Waals surface area contributed by atoms with Crippen LogP contribution in [0.2, 0.25) is 0 Å². The molecule has 2 aromatic rings. The van der Waals surface area contributed by atoms with E-state index < -0.39 is 12.2 Å². The quantitative estimate of drug-likeness (QED) is 0.824. The summed E-state index contributed by atoms with van der Waals surface area (Å²) in [4.78, 5) is 18.8. The summed E-state index contributed by atoms with van der Waals surface area (Å²) >= 11 is 0. The second-order valence-corrected chi connectivity index (χ2v) is 7.40. The molecule has 7 heteroatoms. The van der Waals surface area contributed by atoms with Gasteiger partial charge in [-0.05, 0) is 50.2 Å². The monoisotopic (exact) mass is 385 g/mol. The topological polar surface area (TPSA) is 74.7 Å². The van der Waals surface area contributed by atoms with Crippen molar-refractivity contribution in [2.45, 2.75) is 43.6 Å². The zero-order valence-electron chi connectivity index (χ0n) is 15.5. The molecule has 2 heterocycles. The van der Waals surface area contributed by atoms with Crippen molar-refractivity contribution in [3.8, 4) is 5.75 Å². The molecule has 28 heavy (non-hydrogen) atoms. The SMILES string of the molecule is O=C(N[C@@H]1C[C@@H](Oc2cccc(F)c2)[C@H](O)[C@H]1N1CCCC1)c1cccnc1. The summed E-state index contributed by atoms with van der Waals surface area (Å²) in [5.41, 5.74) is 0.478. The van der Waals surface area contributed by atoms with Crippen LogP contribution in [0.5, 0.6) is 5.75 Å². The predicted molar refractivity (Wildman–Crippen MR) is 102 cm³/mol. The summed E-state index contributed by atoms with van der Waals surface area (Å²) in [5.74, 6) is -0.230. The van der Waals surface area contributed by atoms with Gasteiger partial charge in [-0.25, -0.2) is 4.39 Å². The van der Waals surface area contributed by atoms with Crippen molar-refractivity contribution in [1.82, 2.24) is 15.2 Å². The molecule has 1 aliphatic carbocycles. The lowest BCUT2D eigenvalue weighted by Crippen LogP contribution is -2.52. The number of carbonyl (C=O) groups excluding carboxylic acids is 1. The van der Waals surface area contributed by atoms with Crippen LogP contribution in [0.4, 0.5) is 4.39 Å². The van der Waals surface area contributed by atoms with E-state index in [2.05, 4.69) is 15.2 Å². The first-order valence-electron chi connectivity index (χ1n) is 9.67. The fraction of sp³-hybridized carbons (Fsp3) is 0.429. The van der Waals surface area contributed by atoms with Crippen molar-refractivity contribution in [2.75, 3.05) is 13.1 Å². The molecule has 0 radical (unpaired) electrons. The van der Waals surface area contributed by atoms with Crippen molar-refractivity contribution in [2.24, 2.45) is 0 Å². The Bertz CT molecular complexity index is 814. The third-order valence-corrected chi connectivity index (χ3v) is 5.52. The molecule has 1 aromatic heterocycles. The van der Waals surface area contributed by atoms with E-state index in [0.29, 0.717) is 17.7 Å². The summed E-state index contributed by atoms with van der Waals surface area (Å²) in [6.45, 7) is 1.77. The number of nitrogens with one attached hydrogen (secondary N) is 1. The third kappa shape index (κ3) is 4.00. The maximum absolute atomic E-state index is 13.5. The molecule has 1 aliphatic heterocycles. The molecule has 0 unspecified atom stereocenters. The van der Waals surface area contributed by atoms with Gasteiger partial charge >= 0.3 is 0 Å². The van der Waals surface area contributed by atoms with Gasteiger partial charge in [0, 0.05) is 24.9 Å². The molecule has 0 spiro atoms. The number of hydrogen-bond acceptors (Lipinski definition) is 5. The highest BCUT2D eigenvalue weighted by Crippen LogP contribution is 2.31. The summed E-state index contributed by atoms with van der Waals surface area (Å²) in [6.07, 6.45) is 4.43. The van der Waals surface area contributed by atoms with Crippen LogP contribution >= 0.6 is 0 Å². The van der Waals surface area contributed by atoms with E-state index in [1.807, 2.05) is 0 Å². The number of benzene rings is 1. The van der Waals surface area contributed by atoms with Crippen molar-refractivity contribution in [3.63, 3.8) is 0 Å². The number of likely N-dealkylation sites (tertiary alicyclic amines) is 1. The minimum absolute atomic E-state index is 0.221. The fourth-order valence-corrected chi connectivity index (χ4v) is 4.22. The predicted octanol–water partition coefficient (Wildman–Crippen LogP) is 2.00. The van der Waals surface area contributed by atoms with Gasteiger partial charge in [0.25, 0.3) is 5.91 Å². The number of aromatic nitrogens is 1. The van der Waals surface area contributed by atoms with Crippen LogP contribution in [0.3, 0.4) is 0 Å². The van der Waals surface area contributed by atoms with Crippen LogP contribution in [0, 0.1) is 5.82 Å². The number of carbonyl (C=O) groups is 1. The summed E-state index contributed by atoms with van der Waals surface area (Å²) < 4.78 is 19.4. The van der Waals surface area contributed by atoms with Crippen LogP contribution in [0.25, 0.3) is 0 Å². The average molecular weight is 385 g/mol. The number of halogens is 1. The standard InChI is InChI=1S/C21H24FN3O3/c22-15-6-3-7-16(11-15)28-18-12-17(19(20(18)26)25-9-1-2-10-25)24-21(27)14-5-4-8-23-13-14/h3-8,11,13,17-20,26H,1-2,9-10,12H2,(H,24,27)/t17-,18-,19+,20+/m1/s1. The smallest absolute Gasteiger partial charge is 0.253 e. The van der Waals surface area contributed by atoms with Crippen molar-refractivity contribution in [3.05, 3.63) is 60.2 Å².